The number of aliphatic hydroxyl groups excluding tert-OH is 3. The number of aliphatic hydroxyl groups is 3. The third-order valence-electron chi connectivity index (χ3n) is 4.13. The predicted molar refractivity (Wildman–Crippen MR) is 91.5 cm³/mol. The van der Waals surface area contributed by atoms with Gasteiger partial charge in [0.05, 0.1) is 23.7 Å². The van der Waals surface area contributed by atoms with Crippen LogP contribution in [0.2, 0.25) is 0 Å². The standard InChI is InChI=1S/C17H19N3O7/c1-8-13(21)15(23)16(24)17(26-8)27-11-6-9(7-19-25)20-12(14(11)22)10-4-2-3-5-18-10/h2-8,13,15-17,21-25H,1H3/b19-7+/t8-,13-,15+,16-,17-/m1/s1. The van der Waals surface area contributed by atoms with Gasteiger partial charge < -0.3 is 35.1 Å². The minimum Gasteiger partial charge on any atom is -0.503 e. The molecule has 1 aliphatic heterocycles. The van der Waals surface area contributed by atoms with Crippen LogP contribution in [0.25, 0.3) is 11.4 Å². The van der Waals surface area contributed by atoms with Crippen LogP contribution in [0.15, 0.2) is 35.6 Å². The van der Waals surface area contributed by atoms with Crippen molar-refractivity contribution in [2.24, 2.45) is 5.16 Å². The summed E-state index contributed by atoms with van der Waals surface area (Å²) in [7, 11) is 0. The number of ether oxygens (including phenoxy) is 2. The van der Waals surface area contributed by atoms with E-state index in [2.05, 4.69) is 15.1 Å². The zero-order valence-electron chi connectivity index (χ0n) is 14.2. The molecule has 0 spiro atoms. The smallest absolute Gasteiger partial charge is 0.229 e. The fourth-order valence-corrected chi connectivity index (χ4v) is 2.67. The second kappa shape index (κ2) is 7.84. The van der Waals surface area contributed by atoms with Gasteiger partial charge in [0, 0.05) is 12.3 Å². The second-order valence-corrected chi connectivity index (χ2v) is 6.00. The molecule has 0 saturated carbocycles. The zero-order chi connectivity index (χ0) is 19.6. The first-order valence-electron chi connectivity index (χ1n) is 8.11. The summed E-state index contributed by atoms with van der Waals surface area (Å²) in [5, 5.41) is 52.0. The largest absolute Gasteiger partial charge is 0.503 e. The summed E-state index contributed by atoms with van der Waals surface area (Å²) < 4.78 is 10.9. The van der Waals surface area contributed by atoms with Gasteiger partial charge in [0.25, 0.3) is 0 Å². The molecule has 1 saturated heterocycles. The van der Waals surface area contributed by atoms with Gasteiger partial charge in [-0.15, -0.1) is 0 Å². The Morgan fingerprint density at radius 2 is 1.96 bits per heavy atom. The molecule has 0 radical (unpaired) electrons. The van der Waals surface area contributed by atoms with Gasteiger partial charge in [-0.3, -0.25) is 4.98 Å². The maximum Gasteiger partial charge on any atom is 0.229 e. The summed E-state index contributed by atoms with van der Waals surface area (Å²) in [4.78, 5) is 8.26. The maximum absolute atomic E-state index is 10.6. The minimum absolute atomic E-state index is 0.0573. The average Bonchev–Trinajstić information content (AvgIpc) is 2.67. The average molecular weight is 377 g/mol. The summed E-state index contributed by atoms with van der Waals surface area (Å²) in [6.07, 6.45) is -3.97. The molecule has 5 N–H and O–H groups in total. The van der Waals surface area contributed by atoms with E-state index in [9.17, 15) is 20.4 Å². The predicted octanol–water partition coefficient (Wildman–Crippen LogP) is -0.136. The van der Waals surface area contributed by atoms with Gasteiger partial charge >= 0.3 is 0 Å². The van der Waals surface area contributed by atoms with E-state index in [1.807, 2.05) is 0 Å². The Morgan fingerprint density at radius 3 is 2.63 bits per heavy atom. The van der Waals surface area contributed by atoms with Crippen LogP contribution in [-0.2, 0) is 4.74 Å². The molecule has 1 aliphatic rings. The monoisotopic (exact) mass is 377 g/mol. The third-order valence-corrected chi connectivity index (χ3v) is 4.13. The van der Waals surface area contributed by atoms with Gasteiger partial charge in [-0.25, -0.2) is 4.98 Å². The molecule has 2 aromatic heterocycles. The number of oxime groups is 1. The summed E-state index contributed by atoms with van der Waals surface area (Å²) in [6, 6.07) is 6.26. The number of rotatable bonds is 4. The van der Waals surface area contributed by atoms with Crippen molar-refractivity contribution in [3.63, 3.8) is 0 Å². The molecule has 5 atom stereocenters. The van der Waals surface area contributed by atoms with Crippen molar-refractivity contribution in [3.05, 3.63) is 36.2 Å². The van der Waals surface area contributed by atoms with Gasteiger partial charge in [0.2, 0.25) is 6.29 Å². The highest BCUT2D eigenvalue weighted by Gasteiger charge is 2.43. The molecule has 144 valence electrons. The van der Waals surface area contributed by atoms with E-state index in [0.29, 0.717) is 5.69 Å². The minimum atomic E-state index is -1.56. The molecule has 0 aliphatic carbocycles. The summed E-state index contributed by atoms with van der Waals surface area (Å²) in [5.74, 6) is -0.520. The maximum atomic E-state index is 10.6. The molecule has 3 rings (SSSR count). The lowest BCUT2D eigenvalue weighted by Crippen LogP contribution is -2.58. The van der Waals surface area contributed by atoms with Crippen molar-refractivity contribution in [2.75, 3.05) is 0 Å². The first kappa shape index (κ1) is 19.0. The van der Waals surface area contributed by atoms with Crippen molar-refractivity contribution in [3.8, 4) is 22.9 Å². The van der Waals surface area contributed by atoms with Crippen molar-refractivity contribution in [1.82, 2.24) is 9.97 Å². The molecule has 3 heterocycles. The number of aromatic hydroxyl groups is 1. The molecule has 1 fully saturated rings. The summed E-state index contributed by atoms with van der Waals surface area (Å²) >= 11 is 0. The van der Waals surface area contributed by atoms with Gasteiger partial charge in [-0.05, 0) is 19.1 Å². The van der Waals surface area contributed by atoms with Gasteiger partial charge in [0.15, 0.2) is 11.5 Å². The van der Waals surface area contributed by atoms with Gasteiger partial charge in [-0.1, -0.05) is 11.2 Å². The van der Waals surface area contributed by atoms with Crippen molar-refractivity contribution >= 4 is 6.21 Å². The highest BCUT2D eigenvalue weighted by Crippen LogP contribution is 2.37. The molecule has 2 aromatic rings. The molecule has 27 heavy (non-hydrogen) atoms. The Bertz CT molecular complexity index is 818. The van der Waals surface area contributed by atoms with E-state index in [1.165, 1.54) is 19.2 Å². The van der Waals surface area contributed by atoms with E-state index >= 15 is 0 Å². The van der Waals surface area contributed by atoms with E-state index < -0.39 is 30.7 Å². The van der Waals surface area contributed by atoms with Crippen LogP contribution >= 0.6 is 0 Å². The molecule has 0 unspecified atom stereocenters. The van der Waals surface area contributed by atoms with Crippen molar-refractivity contribution in [1.29, 1.82) is 0 Å². The Kier molecular flexibility index (Phi) is 5.51. The number of aromatic nitrogens is 2. The highest BCUT2D eigenvalue weighted by atomic mass is 16.7. The van der Waals surface area contributed by atoms with Crippen LogP contribution in [0, 0.1) is 0 Å². The normalized spacial score (nSPS) is 28.4. The van der Waals surface area contributed by atoms with Crippen molar-refractivity contribution < 1.29 is 35.1 Å². The molecule has 0 amide bonds. The molecular weight excluding hydrogens is 358 g/mol. The highest BCUT2D eigenvalue weighted by molar-refractivity contribution is 5.80. The molecule has 10 nitrogen and oxygen atoms in total. The quantitative estimate of drug-likeness (QED) is 0.278. The van der Waals surface area contributed by atoms with Crippen LogP contribution in [0.5, 0.6) is 11.5 Å². The van der Waals surface area contributed by atoms with Crippen LogP contribution in [0.1, 0.15) is 12.6 Å². The fourth-order valence-electron chi connectivity index (χ4n) is 2.67. The Balaban J connectivity index is 1.98. The lowest BCUT2D eigenvalue weighted by Gasteiger charge is -2.38. The number of hydrogen-bond acceptors (Lipinski definition) is 10. The number of nitrogens with zero attached hydrogens (tertiary/aromatic N) is 3. The Hall–Kier alpha value is -2.79. The summed E-state index contributed by atoms with van der Waals surface area (Å²) in [5.41, 5.74) is 0.536. The van der Waals surface area contributed by atoms with Gasteiger partial charge in [0.1, 0.15) is 24.0 Å². The molecule has 0 bridgehead atoms. The first-order valence-corrected chi connectivity index (χ1v) is 8.11. The number of hydrogen-bond donors (Lipinski definition) is 5. The van der Waals surface area contributed by atoms with Gasteiger partial charge in [-0.2, -0.15) is 0 Å². The molecule has 0 aromatic carbocycles. The summed E-state index contributed by atoms with van der Waals surface area (Å²) in [6.45, 7) is 1.51. The third kappa shape index (κ3) is 3.83. The number of pyridine rings is 2. The van der Waals surface area contributed by atoms with E-state index in [4.69, 9.17) is 14.7 Å². The Morgan fingerprint density at radius 1 is 1.19 bits per heavy atom. The first-order chi connectivity index (χ1) is 12.9. The Labute approximate surface area is 154 Å². The second-order valence-electron chi connectivity index (χ2n) is 6.00. The van der Waals surface area contributed by atoms with E-state index in [-0.39, 0.29) is 22.9 Å². The van der Waals surface area contributed by atoms with Crippen LogP contribution in [0.4, 0.5) is 0 Å². The fraction of sp³-hybridized carbons (Fsp3) is 0.353. The van der Waals surface area contributed by atoms with Crippen LogP contribution < -0.4 is 4.74 Å². The lowest BCUT2D eigenvalue weighted by molar-refractivity contribution is -0.268. The molecule has 10 heteroatoms. The van der Waals surface area contributed by atoms with E-state index in [0.717, 1.165) is 6.21 Å². The van der Waals surface area contributed by atoms with Crippen LogP contribution in [-0.4, -0.2) is 72.5 Å². The van der Waals surface area contributed by atoms with Crippen LogP contribution in [0.3, 0.4) is 0 Å². The lowest BCUT2D eigenvalue weighted by atomic mass is 10.00. The van der Waals surface area contributed by atoms with E-state index in [1.54, 1.807) is 18.2 Å². The topological polar surface area (TPSA) is 158 Å². The van der Waals surface area contributed by atoms with Crippen molar-refractivity contribution in [2.45, 2.75) is 37.6 Å². The SMILES string of the molecule is C[C@H]1O[C@H](Oc2cc(/C=N/O)nc(-c3ccccn3)c2O)[C@H](O)[C@@H](O)[C@@H]1O. The molecular formula is C17H19N3O7. The zero-order valence-corrected chi connectivity index (χ0v) is 14.2.